The molecule has 0 aromatic carbocycles. The molecule has 2 N–H and O–H groups in total. The fourth-order valence-electron chi connectivity index (χ4n) is 1.70. The molecule has 0 saturated heterocycles. The zero-order valence-electron chi connectivity index (χ0n) is 10.2. The highest BCUT2D eigenvalue weighted by atomic mass is 16.2. The first-order valence-corrected chi connectivity index (χ1v) is 5.76. The van der Waals surface area contributed by atoms with Crippen molar-refractivity contribution in [1.82, 2.24) is 14.7 Å². The highest BCUT2D eigenvalue weighted by Crippen LogP contribution is 2.13. The molecule has 0 radical (unpaired) electrons. The summed E-state index contributed by atoms with van der Waals surface area (Å²) in [5, 5.41) is 4.08. The Bertz CT molecular complexity index is 359. The molecule has 5 nitrogen and oxygen atoms in total. The number of nitrogen functional groups attached to an aromatic ring is 1. The quantitative estimate of drug-likeness (QED) is 0.821. The minimum Gasteiger partial charge on any atom is -0.396 e. The number of rotatable bonds is 5. The summed E-state index contributed by atoms with van der Waals surface area (Å²) in [6.07, 6.45) is 2.48. The largest absolute Gasteiger partial charge is 0.396 e. The molecule has 0 aliphatic heterocycles. The summed E-state index contributed by atoms with van der Waals surface area (Å²) >= 11 is 0. The number of carbonyl (C=O) groups is 1. The van der Waals surface area contributed by atoms with Crippen molar-refractivity contribution in [3.63, 3.8) is 0 Å². The van der Waals surface area contributed by atoms with E-state index < -0.39 is 0 Å². The normalized spacial score (nSPS) is 10.4. The van der Waals surface area contributed by atoms with E-state index in [4.69, 9.17) is 5.73 Å². The Balaban J connectivity index is 2.97. The number of anilines is 1. The molecule has 16 heavy (non-hydrogen) atoms. The van der Waals surface area contributed by atoms with Gasteiger partial charge in [0, 0.05) is 19.6 Å². The van der Waals surface area contributed by atoms with Gasteiger partial charge in [-0.2, -0.15) is 5.10 Å². The van der Waals surface area contributed by atoms with Crippen LogP contribution >= 0.6 is 0 Å². The molecule has 1 rings (SSSR count). The van der Waals surface area contributed by atoms with Crippen molar-refractivity contribution in [2.75, 3.05) is 18.8 Å². The van der Waals surface area contributed by atoms with Crippen molar-refractivity contribution in [3.05, 3.63) is 11.9 Å². The lowest BCUT2D eigenvalue weighted by atomic mass is 10.3. The highest BCUT2D eigenvalue weighted by Gasteiger charge is 2.20. The predicted octanol–water partition coefficient (Wildman–Crippen LogP) is 1.36. The second-order valence-corrected chi connectivity index (χ2v) is 3.65. The van der Waals surface area contributed by atoms with E-state index in [0.29, 0.717) is 24.5 Å². The molecule has 1 heterocycles. The molecular formula is C11H20N4O. The standard InChI is InChI=1S/C11H20N4O/c1-4-7-14(5-2)11(16)10-9(12)8-13-15(10)6-3/h8H,4-7,12H2,1-3H3. The maximum Gasteiger partial charge on any atom is 0.274 e. The molecule has 0 atom stereocenters. The zero-order chi connectivity index (χ0) is 12.1. The number of nitrogens with zero attached hydrogens (tertiary/aromatic N) is 3. The van der Waals surface area contributed by atoms with E-state index in [9.17, 15) is 4.79 Å². The third kappa shape index (κ3) is 2.35. The van der Waals surface area contributed by atoms with Crippen molar-refractivity contribution in [1.29, 1.82) is 0 Å². The molecule has 1 aromatic heterocycles. The van der Waals surface area contributed by atoms with Crippen LogP contribution < -0.4 is 5.73 Å². The summed E-state index contributed by atoms with van der Waals surface area (Å²) in [6.45, 7) is 8.07. The van der Waals surface area contributed by atoms with Gasteiger partial charge in [-0.15, -0.1) is 0 Å². The number of nitrogens with two attached hydrogens (primary N) is 1. The molecule has 0 bridgehead atoms. The first kappa shape index (κ1) is 12.5. The van der Waals surface area contributed by atoms with Crippen molar-refractivity contribution < 1.29 is 4.79 Å². The lowest BCUT2D eigenvalue weighted by molar-refractivity contribution is 0.0753. The summed E-state index contributed by atoms with van der Waals surface area (Å²) in [4.78, 5) is 14.0. The second kappa shape index (κ2) is 5.53. The van der Waals surface area contributed by atoms with Gasteiger partial charge in [0.05, 0.1) is 11.9 Å². The molecule has 0 unspecified atom stereocenters. The van der Waals surface area contributed by atoms with E-state index in [-0.39, 0.29) is 5.91 Å². The Morgan fingerprint density at radius 2 is 2.19 bits per heavy atom. The summed E-state index contributed by atoms with van der Waals surface area (Å²) < 4.78 is 1.65. The van der Waals surface area contributed by atoms with Crippen molar-refractivity contribution >= 4 is 11.6 Å². The summed E-state index contributed by atoms with van der Waals surface area (Å²) in [6, 6.07) is 0. The SMILES string of the molecule is CCCN(CC)C(=O)c1c(N)cnn1CC. The van der Waals surface area contributed by atoms with Gasteiger partial charge in [0.1, 0.15) is 5.69 Å². The van der Waals surface area contributed by atoms with Crippen LogP contribution in [-0.2, 0) is 6.54 Å². The van der Waals surface area contributed by atoms with Gasteiger partial charge in [0.2, 0.25) is 0 Å². The van der Waals surface area contributed by atoms with Gasteiger partial charge in [-0.1, -0.05) is 6.92 Å². The van der Waals surface area contributed by atoms with Gasteiger partial charge in [-0.05, 0) is 20.3 Å². The highest BCUT2D eigenvalue weighted by molar-refractivity contribution is 5.97. The minimum absolute atomic E-state index is 0.0267. The topological polar surface area (TPSA) is 64.2 Å². The van der Waals surface area contributed by atoms with E-state index >= 15 is 0 Å². The van der Waals surface area contributed by atoms with Gasteiger partial charge < -0.3 is 10.6 Å². The maximum absolute atomic E-state index is 12.2. The fraction of sp³-hybridized carbons (Fsp3) is 0.636. The Hall–Kier alpha value is -1.52. The molecule has 5 heteroatoms. The zero-order valence-corrected chi connectivity index (χ0v) is 10.2. The maximum atomic E-state index is 12.2. The molecule has 90 valence electrons. The van der Waals surface area contributed by atoms with Crippen molar-refractivity contribution in [3.8, 4) is 0 Å². The van der Waals surface area contributed by atoms with Crippen LogP contribution in [0.3, 0.4) is 0 Å². The molecular weight excluding hydrogens is 204 g/mol. The van der Waals surface area contributed by atoms with Gasteiger partial charge in [-0.25, -0.2) is 0 Å². The third-order valence-electron chi connectivity index (χ3n) is 2.53. The Morgan fingerprint density at radius 1 is 1.50 bits per heavy atom. The number of amides is 1. The first-order valence-electron chi connectivity index (χ1n) is 5.76. The molecule has 0 aliphatic carbocycles. The molecule has 1 aromatic rings. The van der Waals surface area contributed by atoms with E-state index in [2.05, 4.69) is 12.0 Å². The molecule has 0 aliphatic rings. The molecule has 0 fully saturated rings. The first-order chi connectivity index (χ1) is 7.65. The third-order valence-corrected chi connectivity index (χ3v) is 2.53. The van der Waals surface area contributed by atoms with Gasteiger partial charge in [-0.3, -0.25) is 9.48 Å². The monoisotopic (exact) mass is 224 g/mol. The van der Waals surface area contributed by atoms with Gasteiger partial charge in [0.15, 0.2) is 0 Å². The summed E-state index contributed by atoms with van der Waals surface area (Å²) in [5.74, 6) is -0.0267. The average Bonchev–Trinajstić information content (AvgIpc) is 2.66. The van der Waals surface area contributed by atoms with Crippen molar-refractivity contribution in [2.24, 2.45) is 0 Å². The smallest absolute Gasteiger partial charge is 0.274 e. The van der Waals surface area contributed by atoms with Gasteiger partial charge >= 0.3 is 0 Å². The van der Waals surface area contributed by atoms with Crippen LogP contribution in [0, 0.1) is 0 Å². The van der Waals surface area contributed by atoms with E-state index in [1.54, 1.807) is 9.58 Å². The van der Waals surface area contributed by atoms with Crippen LogP contribution in [0.5, 0.6) is 0 Å². The Kier molecular flexibility index (Phi) is 4.34. The van der Waals surface area contributed by atoms with E-state index in [0.717, 1.165) is 13.0 Å². The summed E-state index contributed by atoms with van der Waals surface area (Å²) in [5.41, 5.74) is 6.75. The van der Waals surface area contributed by atoms with Crippen molar-refractivity contribution in [2.45, 2.75) is 33.7 Å². The van der Waals surface area contributed by atoms with Gasteiger partial charge in [0.25, 0.3) is 5.91 Å². The second-order valence-electron chi connectivity index (χ2n) is 3.65. The fourth-order valence-corrected chi connectivity index (χ4v) is 1.70. The minimum atomic E-state index is -0.0267. The number of aromatic nitrogens is 2. The lowest BCUT2D eigenvalue weighted by Gasteiger charge is -2.20. The van der Waals surface area contributed by atoms with Crippen LogP contribution in [0.25, 0.3) is 0 Å². The van der Waals surface area contributed by atoms with Crippen LogP contribution in [0.1, 0.15) is 37.7 Å². The Morgan fingerprint density at radius 3 is 2.69 bits per heavy atom. The van der Waals surface area contributed by atoms with E-state index in [1.165, 1.54) is 6.20 Å². The molecule has 0 spiro atoms. The average molecular weight is 224 g/mol. The van der Waals surface area contributed by atoms with Crippen LogP contribution in [-0.4, -0.2) is 33.7 Å². The predicted molar refractivity (Wildman–Crippen MR) is 64.2 cm³/mol. The number of aryl methyl sites for hydroxylation is 1. The summed E-state index contributed by atoms with van der Waals surface area (Å²) in [7, 11) is 0. The lowest BCUT2D eigenvalue weighted by Crippen LogP contribution is -2.33. The van der Waals surface area contributed by atoms with Crippen LogP contribution in [0.4, 0.5) is 5.69 Å². The van der Waals surface area contributed by atoms with Crippen LogP contribution in [0.15, 0.2) is 6.20 Å². The van der Waals surface area contributed by atoms with E-state index in [1.807, 2.05) is 13.8 Å². The molecule has 0 saturated carbocycles. The number of hydrogen-bond acceptors (Lipinski definition) is 3. The molecule has 1 amide bonds. The number of carbonyl (C=O) groups excluding carboxylic acids is 1. The van der Waals surface area contributed by atoms with Crippen LogP contribution in [0.2, 0.25) is 0 Å². The Labute approximate surface area is 96.2 Å². The number of hydrogen-bond donors (Lipinski definition) is 1.